The molecule has 0 aliphatic carbocycles. The van der Waals surface area contributed by atoms with Crippen LogP contribution in [-0.2, 0) is 16.0 Å². The summed E-state index contributed by atoms with van der Waals surface area (Å²) in [6, 6.07) is 4.79. The first-order chi connectivity index (χ1) is 9.87. The Labute approximate surface area is 118 Å². The lowest BCUT2D eigenvalue weighted by Crippen LogP contribution is -2.23. The molecule has 0 unspecified atom stereocenters. The molecule has 0 fully saturated rings. The fourth-order valence-corrected chi connectivity index (χ4v) is 1.66. The van der Waals surface area contributed by atoms with Crippen LogP contribution in [0.4, 0.5) is 18.9 Å². The number of aryl methyl sites for hydroxylation is 1. The summed E-state index contributed by atoms with van der Waals surface area (Å²) in [5, 5.41) is 2.43. The van der Waals surface area contributed by atoms with Gasteiger partial charge in [0.25, 0.3) is 0 Å². The fourth-order valence-electron chi connectivity index (χ4n) is 1.66. The Bertz CT molecular complexity index is 637. The highest BCUT2D eigenvalue weighted by Crippen LogP contribution is 2.20. The van der Waals surface area contributed by atoms with Crippen LogP contribution in [0.2, 0.25) is 0 Å². The van der Waals surface area contributed by atoms with E-state index in [1.165, 1.54) is 0 Å². The van der Waals surface area contributed by atoms with E-state index < -0.39 is 25.3 Å². The standard InChI is InChI=1S/C13H13F3N2O3/c1-2-12-18-9-5-8(3-4-10(9)21-12)17-11(19)6-20-7-13(14,15)16/h3-5H,2,6-7H2,1H3,(H,17,19). The largest absolute Gasteiger partial charge is 0.441 e. The third kappa shape index (κ3) is 4.45. The third-order valence-electron chi connectivity index (χ3n) is 2.52. The third-order valence-corrected chi connectivity index (χ3v) is 2.52. The van der Waals surface area contributed by atoms with Crippen LogP contribution in [0.25, 0.3) is 11.1 Å². The van der Waals surface area contributed by atoms with E-state index in [1.807, 2.05) is 6.92 Å². The molecule has 1 aromatic heterocycles. The second-order valence-corrected chi connectivity index (χ2v) is 4.30. The summed E-state index contributed by atoms with van der Waals surface area (Å²) in [5.74, 6) is -0.0974. The number of alkyl halides is 3. The van der Waals surface area contributed by atoms with E-state index in [1.54, 1.807) is 18.2 Å². The lowest BCUT2D eigenvalue weighted by molar-refractivity contribution is -0.174. The van der Waals surface area contributed by atoms with E-state index in [2.05, 4.69) is 15.0 Å². The van der Waals surface area contributed by atoms with Gasteiger partial charge >= 0.3 is 6.18 Å². The van der Waals surface area contributed by atoms with Crippen molar-refractivity contribution in [3.8, 4) is 0 Å². The highest BCUT2D eigenvalue weighted by atomic mass is 19.4. The molecule has 5 nitrogen and oxygen atoms in total. The molecule has 1 amide bonds. The molecule has 1 N–H and O–H groups in total. The zero-order chi connectivity index (χ0) is 15.5. The predicted molar refractivity (Wildman–Crippen MR) is 68.9 cm³/mol. The Morgan fingerprint density at radius 3 is 2.86 bits per heavy atom. The van der Waals surface area contributed by atoms with E-state index in [9.17, 15) is 18.0 Å². The number of carbonyl (C=O) groups is 1. The summed E-state index contributed by atoms with van der Waals surface area (Å²) in [6.07, 6.45) is -3.81. The van der Waals surface area contributed by atoms with Gasteiger partial charge in [-0.25, -0.2) is 4.98 Å². The Balaban J connectivity index is 1.94. The van der Waals surface area contributed by atoms with Crippen LogP contribution in [-0.4, -0.2) is 30.3 Å². The van der Waals surface area contributed by atoms with E-state index in [4.69, 9.17) is 4.42 Å². The summed E-state index contributed by atoms with van der Waals surface area (Å²) >= 11 is 0. The molecule has 8 heteroatoms. The van der Waals surface area contributed by atoms with Gasteiger partial charge in [0.15, 0.2) is 11.5 Å². The molecule has 0 aliphatic rings. The quantitative estimate of drug-likeness (QED) is 0.922. The maximum atomic E-state index is 11.9. The van der Waals surface area contributed by atoms with Gasteiger partial charge in [-0.1, -0.05) is 6.92 Å². The number of rotatable bonds is 5. The van der Waals surface area contributed by atoms with Crippen LogP contribution in [0.1, 0.15) is 12.8 Å². The number of amides is 1. The van der Waals surface area contributed by atoms with Crippen LogP contribution in [0.15, 0.2) is 22.6 Å². The number of anilines is 1. The number of hydrogen-bond acceptors (Lipinski definition) is 4. The van der Waals surface area contributed by atoms with Crippen molar-refractivity contribution in [2.45, 2.75) is 19.5 Å². The topological polar surface area (TPSA) is 64.4 Å². The maximum absolute atomic E-state index is 11.9. The molecule has 2 rings (SSSR count). The summed E-state index contributed by atoms with van der Waals surface area (Å²) in [5.41, 5.74) is 1.57. The number of hydrogen-bond donors (Lipinski definition) is 1. The van der Waals surface area contributed by atoms with Crippen molar-refractivity contribution in [2.75, 3.05) is 18.5 Å². The molecule has 0 saturated heterocycles. The van der Waals surface area contributed by atoms with Gasteiger partial charge in [0.1, 0.15) is 18.7 Å². The zero-order valence-electron chi connectivity index (χ0n) is 11.2. The molecular weight excluding hydrogens is 289 g/mol. The predicted octanol–water partition coefficient (Wildman–Crippen LogP) is 2.91. The Morgan fingerprint density at radius 2 is 2.19 bits per heavy atom. The minimum atomic E-state index is -4.45. The summed E-state index contributed by atoms with van der Waals surface area (Å²) in [4.78, 5) is 15.6. The van der Waals surface area contributed by atoms with E-state index in [0.29, 0.717) is 29.1 Å². The summed E-state index contributed by atoms with van der Waals surface area (Å²) < 4.78 is 45.3. The number of halogens is 3. The first kappa shape index (κ1) is 15.3. The second kappa shape index (κ2) is 6.13. The average molecular weight is 302 g/mol. The Morgan fingerprint density at radius 1 is 1.43 bits per heavy atom. The molecule has 0 atom stereocenters. The molecule has 0 aliphatic heterocycles. The first-order valence-corrected chi connectivity index (χ1v) is 6.21. The van der Waals surface area contributed by atoms with Gasteiger partial charge in [-0.05, 0) is 18.2 Å². The van der Waals surface area contributed by atoms with E-state index in [0.717, 1.165) is 0 Å². The SMILES string of the molecule is CCc1nc2cc(NC(=O)COCC(F)(F)F)ccc2o1. The van der Waals surface area contributed by atoms with Crippen molar-refractivity contribution in [1.29, 1.82) is 0 Å². The minimum absolute atomic E-state index is 0.416. The van der Waals surface area contributed by atoms with Crippen LogP contribution < -0.4 is 5.32 Å². The number of nitrogens with one attached hydrogen (secondary N) is 1. The van der Waals surface area contributed by atoms with E-state index in [-0.39, 0.29) is 0 Å². The van der Waals surface area contributed by atoms with Crippen molar-refractivity contribution in [2.24, 2.45) is 0 Å². The van der Waals surface area contributed by atoms with Crippen molar-refractivity contribution in [3.63, 3.8) is 0 Å². The van der Waals surface area contributed by atoms with Gasteiger partial charge in [-0.3, -0.25) is 4.79 Å². The van der Waals surface area contributed by atoms with Crippen LogP contribution >= 0.6 is 0 Å². The van der Waals surface area contributed by atoms with Crippen molar-refractivity contribution in [1.82, 2.24) is 4.98 Å². The number of ether oxygens (including phenoxy) is 1. The number of nitrogens with zero attached hydrogens (tertiary/aromatic N) is 1. The molecule has 1 aromatic carbocycles. The molecule has 0 spiro atoms. The van der Waals surface area contributed by atoms with Crippen molar-refractivity contribution >= 4 is 22.7 Å². The highest BCUT2D eigenvalue weighted by Gasteiger charge is 2.27. The summed E-state index contributed by atoms with van der Waals surface area (Å²) in [7, 11) is 0. The molecular formula is C13H13F3N2O3. The lowest BCUT2D eigenvalue weighted by Gasteiger charge is -2.08. The number of benzene rings is 1. The van der Waals surface area contributed by atoms with Gasteiger partial charge in [0.05, 0.1) is 0 Å². The Kier molecular flexibility index (Phi) is 4.46. The molecule has 2 aromatic rings. The number of carbonyl (C=O) groups excluding carboxylic acids is 1. The van der Waals surface area contributed by atoms with Gasteiger partial charge < -0.3 is 14.5 Å². The highest BCUT2D eigenvalue weighted by molar-refractivity contribution is 5.93. The van der Waals surface area contributed by atoms with Crippen LogP contribution in [0.3, 0.4) is 0 Å². The van der Waals surface area contributed by atoms with Gasteiger partial charge in [0.2, 0.25) is 5.91 Å². The second-order valence-electron chi connectivity index (χ2n) is 4.30. The van der Waals surface area contributed by atoms with Gasteiger partial charge in [-0.2, -0.15) is 13.2 Å². The average Bonchev–Trinajstić information content (AvgIpc) is 2.79. The molecule has 0 radical (unpaired) electrons. The lowest BCUT2D eigenvalue weighted by atomic mass is 10.3. The zero-order valence-corrected chi connectivity index (χ0v) is 11.2. The number of aromatic nitrogens is 1. The van der Waals surface area contributed by atoms with E-state index >= 15 is 0 Å². The Hall–Kier alpha value is -2.09. The maximum Gasteiger partial charge on any atom is 0.411 e. The summed E-state index contributed by atoms with van der Waals surface area (Å²) in [6.45, 7) is -0.232. The fraction of sp³-hybridized carbons (Fsp3) is 0.385. The first-order valence-electron chi connectivity index (χ1n) is 6.21. The molecule has 0 saturated carbocycles. The van der Waals surface area contributed by atoms with Crippen molar-refractivity contribution < 1.29 is 27.1 Å². The monoisotopic (exact) mass is 302 g/mol. The molecule has 114 valence electrons. The van der Waals surface area contributed by atoms with Crippen LogP contribution in [0, 0.1) is 0 Å². The normalized spacial score (nSPS) is 11.8. The van der Waals surface area contributed by atoms with Gasteiger partial charge in [0, 0.05) is 12.1 Å². The van der Waals surface area contributed by atoms with Crippen LogP contribution in [0.5, 0.6) is 0 Å². The molecule has 1 heterocycles. The van der Waals surface area contributed by atoms with Gasteiger partial charge in [-0.15, -0.1) is 0 Å². The minimum Gasteiger partial charge on any atom is -0.441 e. The van der Waals surface area contributed by atoms with Crippen molar-refractivity contribution in [3.05, 3.63) is 24.1 Å². The molecule has 21 heavy (non-hydrogen) atoms. The number of oxazole rings is 1. The molecule has 0 bridgehead atoms. The smallest absolute Gasteiger partial charge is 0.411 e. The number of fused-ring (bicyclic) bond motifs is 1.